The van der Waals surface area contributed by atoms with E-state index in [0.29, 0.717) is 6.54 Å². The van der Waals surface area contributed by atoms with Crippen LogP contribution in [-0.4, -0.2) is 17.4 Å². The number of nitrogens with zero attached hydrogens (tertiary/aromatic N) is 1. The van der Waals surface area contributed by atoms with Gasteiger partial charge in [-0.15, -0.1) is 0 Å². The van der Waals surface area contributed by atoms with Crippen molar-refractivity contribution in [1.29, 1.82) is 0 Å². The van der Waals surface area contributed by atoms with Crippen molar-refractivity contribution in [3.05, 3.63) is 33.9 Å². The van der Waals surface area contributed by atoms with E-state index in [9.17, 15) is 14.9 Å². The molecule has 2 rings (SSSR count). The molecule has 0 saturated heterocycles. The zero-order chi connectivity index (χ0) is 14.8. The molecule has 1 fully saturated rings. The third kappa shape index (κ3) is 3.07. The average molecular weight is 277 g/mol. The lowest BCUT2D eigenvalue weighted by molar-refractivity contribution is -0.383. The molecule has 1 aliphatic rings. The van der Waals surface area contributed by atoms with Gasteiger partial charge in [0.15, 0.2) is 0 Å². The summed E-state index contributed by atoms with van der Waals surface area (Å²) in [7, 11) is 0. The van der Waals surface area contributed by atoms with Gasteiger partial charge in [0, 0.05) is 18.2 Å². The lowest BCUT2D eigenvalue weighted by Crippen LogP contribution is -2.34. The fourth-order valence-electron chi connectivity index (χ4n) is 2.64. The first-order chi connectivity index (χ1) is 9.41. The topological polar surface area (TPSA) is 98.3 Å². The van der Waals surface area contributed by atoms with E-state index in [-0.39, 0.29) is 28.3 Å². The molecular weight excluding hydrogens is 258 g/mol. The minimum Gasteiger partial charge on any atom is -0.393 e. The highest BCUT2D eigenvalue weighted by Crippen LogP contribution is 2.36. The molecule has 1 saturated carbocycles. The second-order valence-corrected chi connectivity index (χ2v) is 5.73. The van der Waals surface area contributed by atoms with Crippen molar-refractivity contribution in [1.82, 2.24) is 5.32 Å². The Morgan fingerprint density at radius 2 is 2.10 bits per heavy atom. The van der Waals surface area contributed by atoms with Crippen LogP contribution in [0.5, 0.6) is 0 Å². The molecule has 1 amide bonds. The summed E-state index contributed by atoms with van der Waals surface area (Å²) < 4.78 is 0. The van der Waals surface area contributed by atoms with E-state index in [4.69, 9.17) is 5.73 Å². The first-order valence-corrected chi connectivity index (χ1v) is 6.73. The Hall–Kier alpha value is -2.11. The standard InChI is InChI=1S/C14H19N3O3/c1-14(6-2-3-7-14)9-16-13(18)10-4-5-11(15)12(8-10)17(19)20/h4-5,8H,2-3,6-7,9,15H2,1H3,(H,16,18). The van der Waals surface area contributed by atoms with Gasteiger partial charge in [0.25, 0.3) is 11.6 Å². The molecule has 0 aromatic heterocycles. The molecule has 6 nitrogen and oxygen atoms in total. The number of carbonyl (C=O) groups is 1. The molecule has 20 heavy (non-hydrogen) atoms. The predicted molar refractivity (Wildman–Crippen MR) is 76.4 cm³/mol. The lowest BCUT2D eigenvalue weighted by atomic mass is 9.89. The van der Waals surface area contributed by atoms with Crippen molar-refractivity contribution >= 4 is 17.3 Å². The molecule has 1 aromatic carbocycles. The number of benzene rings is 1. The minimum atomic E-state index is -0.579. The second-order valence-electron chi connectivity index (χ2n) is 5.73. The van der Waals surface area contributed by atoms with Crippen molar-refractivity contribution in [3.63, 3.8) is 0 Å². The fourth-order valence-corrected chi connectivity index (χ4v) is 2.64. The highest BCUT2D eigenvalue weighted by Gasteiger charge is 2.29. The zero-order valence-corrected chi connectivity index (χ0v) is 11.5. The number of anilines is 1. The maximum atomic E-state index is 12.1. The maximum Gasteiger partial charge on any atom is 0.292 e. The Morgan fingerprint density at radius 3 is 2.70 bits per heavy atom. The van der Waals surface area contributed by atoms with Crippen LogP contribution in [0.3, 0.4) is 0 Å². The van der Waals surface area contributed by atoms with Crippen LogP contribution in [0.4, 0.5) is 11.4 Å². The Kier molecular flexibility index (Phi) is 3.92. The lowest BCUT2D eigenvalue weighted by Gasteiger charge is -2.23. The van der Waals surface area contributed by atoms with Gasteiger partial charge in [0.05, 0.1) is 4.92 Å². The number of hydrogen-bond donors (Lipinski definition) is 2. The van der Waals surface area contributed by atoms with Gasteiger partial charge in [-0.05, 0) is 30.4 Å². The zero-order valence-electron chi connectivity index (χ0n) is 11.5. The molecule has 0 atom stereocenters. The number of rotatable bonds is 4. The molecule has 0 spiro atoms. The molecule has 1 aliphatic carbocycles. The van der Waals surface area contributed by atoms with Crippen LogP contribution in [0.15, 0.2) is 18.2 Å². The Morgan fingerprint density at radius 1 is 1.45 bits per heavy atom. The maximum absolute atomic E-state index is 12.1. The molecule has 0 bridgehead atoms. The van der Waals surface area contributed by atoms with Gasteiger partial charge in [-0.1, -0.05) is 19.8 Å². The Balaban J connectivity index is 2.06. The first-order valence-electron chi connectivity index (χ1n) is 6.73. The van der Waals surface area contributed by atoms with Gasteiger partial charge in [-0.3, -0.25) is 14.9 Å². The van der Waals surface area contributed by atoms with Gasteiger partial charge < -0.3 is 11.1 Å². The Labute approximate surface area is 117 Å². The summed E-state index contributed by atoms with van der Waals surface area (Å²) in [5.41, 5.74) is 5.76. The summed E-state index contributed by atoms with van der Waals surface area (Å²) in [5, 5.41) is 13.7. The van der Waals surface area contributed by atoms with Gasteiger partial charge >= 0.3 is 0 Å². The highest BCUT2D eigenvalue weighted by atomic mass is 16.6. The fraction of sp³-hybridized carbons (Fsp3) is 0.500. The van der Waals surface area contributed by atoms with Gasteiger partial charge in [-0.2, -0.15) is 0 Å². The third-order valence-corrected chi connectivity index (χ3v) is 3.98. The number of amides is 1. The first kappa shape index (κ1) is 14.3. The molecule has 108 valence electrons. The van der Waals surface area contributed by atoms with Crippen molar-refractivity contribution in [2.45, 2.75) is 32.6 Å². The SMILES string of the molecule is CC1(CNC(=O)c2ccc(N)c([N+](=O)[O-])c2)CCCC1. The van der Waals surface area contributed by atoms with Crippen LogP contribution in [0, 0.1) is 15.5 Å². The van der Waals surface area contributed by atoms with E-state index in [0.717, 1.165) is 12.8 Å². The average Bonchev–Trinajstić information content (AvgIpc) is 2.84. The van der Waals surface area contributed by atoms with E-state index in [2.05, 4.69) is 12.2 Å². The molecular formula is C14H19N3O3. The summed E-state index contributed by atoms with van der Waals surface area (Å²) in [4.78, 5) is 22.3. The van der Waals surface area contributed by atoms with Crippen LogP contribution in [0.2, 0.25) is 0 Å². The van der Waals surface area contributed by atoms with E-state index >= 15 is 0 Å². The number of nitro groups is 1. The number of hydrogen-bond acceptors (Lipinski definition) is 4. The van der Waals surface area contributed by atoms with Crippen molar-refractivity contribution < 1.29 is 9.72 Å². The van der Waals surface area contributed by atoms with Crippen LogP contribution in [0.1, 0.15) is 43.0 Å². The molecule has 0 unspecified atom stereocenters. The number of nitrogens with one attached hydrogen (secondary N) is 1. The van der Waals surface area contributed by atoms with Gasteiger partial charge in [0.1, 0.15) is 5.69 Å². The van der Waals surface area contributed by atoms with Crippen LogP contribution >= 0.6 is 0 Å². The van der Waals surface area contributed by atoms with Crippen molar-refractivity contribution in [3.8, 4) is 0 Å². The smallest absolute Gasteiger partial charge is 0.292 e. The van der Waals surface area contributed by atoms with Crippen LogP contribution < -0.4 is 11.1 Å². The summed E-state index contributed by atoms with van der Waals surface area (Å²) in [6.07, 6.45) is 4.60. The van der Waals surface area contributed by atoms with E-state index in [1.165, 1.54) is 31.0 Å². The van der Waals surface area contributed by atoms with Crippen LogP contribution in [0.25, 0.3) is 0 Å². The number of nitro benzene ring substituents is 1. The van der Waals surface area contributed by atoms with Crippen LogP contribution in [-0.2, 0) is 0 Å². The summed E-state index contributed by atoms with van der Waals surface area (Å²) >= 11 is 0. The number of nitrogens with two attached hydrogens (primary N) is 1. The molecule has 1 aromatic rings. The van der Waals surface area contributed by atoms with E-state index in [1.54, 1.807) is 0 Å². The Bertz CT molecular complexity index is 536. The third-order valence-electron chi connectivity index (χ3n) is 3.98. The minimum absolute atomic E-state index is 0.0642. The van der Waals surface area contributed by atoms with Crippen molar-refractivity contribution in [2.75, 3.05) is 12.3 Å². The number of nitrogen functional groups attached to an aromatic ring is 1. The van der Waals surface area contributed by atoms with E-state index < -0.39 is 4.92 Å². The molecule has 0 heterocycles. The largest absolute Gasteiger partial charge is 0.393 e. The number of carbonyl (C=O) groups excluding carboxylic acids is 1. The van der Waals surface area contributed by atoms with E-state index in [1.807, 2.05) is 0 Å². The van der Waals surface area contributed by atoms with Crippen molar-refractivity contribution in [2.24, 2.45) is 5.41 Å². The monoisotopic (exact) mass is 277 g/mol. The van der Waals surface area contributed by atoms with Gasteiger partial charge in [0.2, 0.25) is 0 Å². The predicted octanol–water partition coefficient (Wildman–Crippen LogP) is 2.49. The molecule has 0 aliphatic heterocycles. The molecule has 6 heteroatoms. The second kappa shape index (κ2) is 5.48. The quantitative estimate of drug-likeness (QED) is 0.501. The molecule has 3 N–H and O–H groups in total. The normalized spacial score (nSPS) is 16.9. The molecule has 0 radical (unpaired) electrons. The highest BCUT2D eigenvalue weighted by molar-refractivity contribution is 5.95. The van der Waals surface area contributed by atoms with Gasteiger partial charge in [-0.25, -0.2) is 0 Å². The summed E-state index contributed by atoms with van der Waals surface area (Å²) in [6, 6.07) is 4.13. The summed E-state index contributed by atoms with van der Waals surface area (Å²) in [5.74, 6) is -0.291. The summed E-state index contributed by atoms with van der Waals surface area (Å²) in [6.45, 7) is 2.76.